The molecule has 2 N–H and O–H groups in total. The average molecular weight is 271 g/mol. The lowest BCUT2D eigenvalue weighted by Crippen LogP contribution is -2.09. The van der Waals surface area contributed by atoms with Gasteiger partial charge in [0, 0.05) is 18.3 Å². The zero-order chi connectivity index (χ0) is 13.9. The van der Waals surface area contributed by atoms with Crippen LogP contribution in [0.15, 0.2) is 24.4 Å². The molecule has 0 unspecified atom stereocenters. The van der Waals surface area contributed by atoms with Crippen LogP contribution in [0.3, 0.4) is 0 Å². The highest BCUT2D eigenvalue weighted by molar-refractivity contribution is 5.42. The number of rotatable bonds is 3. The molecule has 104 valence electrons. The minimum atomic E-state index is -0.362. The van der Waals surface area contributed by atoms with Gasteiger partial charge in [-0.3, -0.25) is 0 Å². The van der Waals surface area contributed by atoms with E-state index in [0.29, 0.717) is 0 Å². The highest BCUT2D eigenvalue weighted by atomic mass is 19.1. The number of aryl methyl sites for hydroxylation is 4. The minimum Gasteiger partial charge on any atom is -0.396 e. The molecule has 0 saturated heterocycles. The van der Waals surface area contributed by atoms with Crippen molar-refractivity contribution in [3.63, 3.8) is 0 Å². The maximum absolute atomic E-state index is 13.1. The van der Waals surface area contributed by atoms with Crippen LogP contribution in [0.1, 0.15) is 35.5 Å². The Morgan fingerprint density at radius 2 is 2.00 bits per heavy atom. The van der Waals surface area contributed by atoms with Gasteiger partial charge in [0.15, 0.2) is 0 Å². The van der Waals surface area contributed by atoms with E-state index in [1.54, 1.807) is 12.1 Å². The fraction of sp³-hybridized carbons (Fsp3) is 0.375. The number of nitrogens with zero attached hydrogens (tertiary/aromatic N) is 2. The highest BCUT2D eigenvalue weighted by Gasteiger charge is 2.12. The third-order valence-electron chi connectivity index (χ3n) is 3.81. The van der Waals surface area contributed by atoms with E-state index >= 15 is 0 Å². The van der Waals surface area contributed by atoms with E-state index < -0.39 is 0 Å². The predicted octanol–water partition coefficient (Wildman–Crippen LogP) is 2.86. The summed E-state index contributed by atoms with van der Waals surface area (Å²) in [4.78, 5) is 9.08. The Balaban J connectivity index is 1.70. The molecule has 2 aromatic rings. The standard InChI is InChI=1S/C16H18FN3/c17-13-7-5-11(9-14(13)18)6-8-16-19-10-12-3-1-2-4-15(12)20-16/h5,7,9-10H,1-4,6,8,18H2. The summed E-state index contributed by atoms with van der Waals surface area (Å²) in [6.07, 6.45) is 8.14. The van der Waals surface area contributed by atoms with Crippen molar-refractivity contribution in [2.24, 2.45) is 0 Å². The van der Waals surface area contributed by atoms with Crippen LogP contribution in [0.25, 0.3) is 0 Å². The maximum Gasteiger partial charge on any atom is 0.146 e. The molecule has 0 amide bonds. The van der Waals surface area contributed by atoms with Crippen LogP contribution >= 0.6 is 0 Å². The molecule has 0 spiro atoms. The van der Waals surface area contributed by atoms with E-state index in [-0.39, 0.29) is 11.5 Å². The molecular formula is C16H18FN3. The van der Waals surface area contributed by atoms with Crippen LogP contribution in [0.2, 0.25) is 0 Å². The van der Waals surface area contributed by atoms with E-state index in [1.807, 2.05) is 6.20 Å². The number of nitrogen functional groups attached to an aromatic ring is 1. The van der Waals surface area contributed by atoms with E-state index in [1.165, 1.54) is 30.2 Å². The summed E-state index contributed by atoms with van der Waals surface area (Å²) in [5.41, 5.74) is 9.30. The lowest BCUT2D eigenvalue weighted by Gasteiger charge is -2.14. The molecule has 1 aliphatic rings. The molecular weight excluding hydrogens is 253 g/mol. The van der Waals surface area contributed by atoms with E-state index in [4.69, 9.17) is 5.73 Å². The third kappa shape index (κ3) is 2.79. The first-order chi connectivity index (χ1) is 9.72. The summed E-state index contributed by atoms with van der Waals surface area (Å²) < 4.78 is 13.1. The van der Waals surface area contributed by atoms with Gasteiger partial charge in [-0.05, 0) is 55.4 Å². The highest BCUT2D eigenvalue weighted by Crippen LogP contribution is 2.19. The molecule has 1 aromatic heterocycles. The quantitative estimate of drug-likeness (QED) is 0.873. The van der Waals surface area contributed by atoms with Gasteiger partial charge in [-0.15, -0.1) is 0 Å². The van der Waals surface area contributed by atoms with Crippen LogP contribution in [-0.2, 0) is 25.7 Å². The normalized spacial score (nSPS) is 14.1. The van der Waals surface area contributed by atoms with Gasteiger partial charge in [-0.25, -0.2) is 14.4 Å². The third-order valence-corrected chi connectivity index (χ3v) is 3.81. The summed E-state index contributed by atoms with van der Waals surface area (Å²) in [7, 11) is 0. The summed E-state index contributed by atoms with van der Waals surface area (Å²) >= 11 is 0. The van der Waals surface area contributed by atoms with Crippen LogP contribution < -0.4 is 5.73 Å². The van der Waals surface area contributed by atoms with Crippen molar-refractivity contribution in [3.05, 3.63) is 52.9 Å². The second-order valence-electron chi connectivity index (χ2n) is 5.32. The molecule has 0 fully saturated rings. The van der Waals surface area contributed by atoms with E-state index in [2.05, 4.69) is 9.97 Å². The van der Waals surface area contributed by atoms with Crippen molar-refractivity contribution in [2.45, 2.75) is 38.5 Å². The van der Waals surface area contributed by atoms with Crippen LogP contribution in [0.4, 0.5) is 10.1 Å². The Morgan fingerprint density at radius 3 is 2.85 bits per heavy atom. The van der Waals surface area contributed by atoms with Gasteiger partial charge >= 0.3 is 0 Å². The van der Waals surface area contributed by atoms with E-state index in [0.717, 1.165) is 37.1 Å². The number of hydrogen-bond donors (Lipinski definition) is 1. The molecule has 0 saturated carbocycles. The van der Waals surface area contributed by atoms with Crippen LogP contribution in [0.5, 0.6) is 0 Å². The Bertz CT molecular complexity index is 625. The molecule has 4 heteroatoms. The Labute approximate surface area is 118 Å². The molecule has 0 aliphatic heterocycles. The number of fused-ring (bicyclic) bond motifs is 1. The Morgan fingerprint density at radius 1 is 1.15 bits per heavy atom. The number of hydrogen-bond acceptors (Lipinski definition) is 3. The molecule has 3 rings (SSSR count). The van der Waals surface area contributed by atoms with Gasteiger partial charge in [0.05, 0.1) is 5.69 Å². The van der Waals surface area contributed by atoms with Crippen molar-refractivity contribution in [1.29, 1.82) is 0 Å². The molecule has 20 heavy (non-hydrogen) atoms. The minimum absolute atomic E-state index is 0.203. The summed E-state index contributed by atoms with van der Waals surface area (Å²) in [5, 5.41) is 0. The van der Waals surface area contributed by atoms with Gasteiger partial charge in [-0.1, -0.05) is 6.07 Å². The Hall–Kier alpha value is -1.97. The van der Waals surface area contributed by atoms with Crippen molar-refractivity contribution in [3.8, 4) is 0 Å². The predicted molar refractivity (Wildman–Crippen MR) is 76.9 cm³/mol. The summed E-state index contributed by atoms with van der Waals surface area (Å²) in [6.45, 7) is 0. The van der Waals surface area contributed by atoms with E-state index in [9.17, 15) is 4.39 Å². The molecule has 1 heterocycles. The second-order valence-corrected chi connectivity index (χ2v) is 5.32. The van der Waals surface area contributed by atoms with Gasteiger partial charge < -0.3 is 5.73 Å². The smallest absolute Gasteiger partial charge is 0.146 e. The summed E-state index contributed by atoms with van der Waals surface area (Å²) in [5.74, 6) is 0.507. The molecule has 0 bridgehead atoms. The lowest BCUT2D eigenvalue weighted by molar-refractivity contribution is 0.631. The SMILES string of the molecule is Nc1cc(CCc2ncc3c(n2)CCCC3)ccc1F. The molecule has 1 aliphatic carbocycles. The lowest BCUT2D eigenvalue weighted by atomic mass is 9.97. The monoisotopic (exact) mass is 271 g/mol. The molecule has 3 nitrogen and oxygen atoms in total. The fourth-order valence-corrected chi connectivity index (χ4v) is 2.64. The van der Waals surface area contributed by atoms with Crippen molar-refractivity contribution in [2.75, 3.05) is 5.73 Å². The van der Waals surface area contributed by atoms with Crippen LogP contribution in [0, 0.1) is 5.82 Å². The largest absolute Gasteiger partial charge is 0.396 e. The van der Waals surface area contributed by atoms with Crippen molar-refractivity contribution in [1.82, 2.24) is 9.97 Å². The summed E-state index contributed by atoms with van der Waals surface area (Å²) in [6, 6.07) is 4.87. The fourth-order valence-electron chi connectivity index (χ4n) is 2.64. The van der Waals surface area contributed by atoms with Gasteiger partial charge in [-0.2, -0.15) is 0 Å². The zero-order valence-electron chi connectivity index (χ0n) is 11.4. The van der Waals surface area contributed by atoms with Crippen molar-refractivity contribution >= 4 is 5.69 Å². The average Bonchev–Trinajstić information content (AvgIpc) is 2.48. The van der Waals surface area contributed by atoms with Gasteiger partial charge in [0.2, 0.25) is 0 Å². The first-order valence-electron chi connectivity index (χ1n) is 7.10. The number of halogens is 1. The zero-order valence-corrected chi connectivity index (χ0v) is 11.4. The first kappa shape index (κ1) is 13.0. The number of aromatic nitrogens is 2. The van der Waals surface area contributed by atoms with Crippen molar-refractivity contribution < 1.29 is 4.39 Å². The van der Waals surface area contributed by atoms with Crippen LogP contribution in [-0.4, -0.2) is 9.97 Å². The number of anilines is 1. The molecule has 0 atom stereocenters. The second kappa shape index (κ2) is 5.57. The maximum atomic E-state index is 13.1. The molecule has 0 radical (unpaired) electrons. The molecule has 1 aromatic carbocycles. The number of nitrogens with two attached hydrogens (primary N) is 1. The van der Waals surface area contributed by atoms with Gasteiger partial charge in [0.25, 0.3) is 0 Å². The topological polar surface area (TPSA) is 51.8 Å². The first-order valence-corrected chi connectivity index (χ1v) is 7.10. The number of benzene rings is 1. The Kier molecular flexibility index (Phi) is 3.63. The van der Waals surface area contributed by atoms with Gasteiger partial charge in [0.1, 0.15) is 11.6 Å².